The van der Waals surface area contributed by atoms with Gasteiger partial charge in [-0.1, -0.05) is 37.0 Å². The van der Waals surface area contributed by atoms with Crippen LogP contribution in [0.25, 0.3) is 11.3 Å². The fourth-order valence-electron chi connectivity index (χ4n) is 2.11. The van der Waals surface area contributed by atoms with Crippen molar-refractivity contribution in [3.63, 3.8) is 0 Å². The summed E-state index contributed by atoms with van der Waals surface area (Å²) >= 11 is 11.9. The molecule has 0 saturated carbocycles. The molecule has 2 rings (SSSR count). The summed E-state index contributed by atoms with van der Waals surface area (Å²) in [5.41, 5.74) is -1.22. The van der Waals surface area contributed by atoms with Gasteiger partial charge in [-0.3, -0.25) is 9.89 Å². The molecule has 24 heavy (non-hydrogen) atoms. The molecule has 1 aromatic carbocycles. The molecule has 1 N–H and O–H groups in total. The van der Waals surface area contributed by atoms with Crippen LogP contribution in [-0.4, -0.2) is 16.0 Å². The van der Waals surface area contributed by atoms with E-state index in [0.29, 0.717) is 12.1 Å². The standard InChI is InChI=1S/C15H10Cl2F3N3O/c1-6(2)14(24)12-10(5-21)22-23-13(12)11-8(16)3-7(4-9(11)17)15(18,19)20/h3-4,6H,1-2H3,(H,22,23). The van der Waals surface area contributed by atoms with Gasteiger partial charge < -0.3 is 0 Å². The van der Waals surface area contributed by atoms with E-state index in [1.54, 1.807) is 19.9 Å². The van der Waals surface area contributed by atoms with E-state index in [0.717, 1.165) is 0 Å². The molecular formula is C15H10Cl2F3N3O. The Hall–Kier alpha value is -2.04. The molecule has 0 bridgehead atoms. The Morgan fingerprint density at radius 3 is 2.25 bits per heavy atom. The lowest BCUT2D eigenvalue weighted by Gasteiger charge is -2.13. The van der Waals surface area contributed by atoms with Crippen LogP contribution in [-0.2, 0) is 6.18 Å². The van der Waals surface area contributed by atoms with Gasteiger partial charge in [0.1, 0.15) is 6.07 Å². The normalized spacial score (nSPS) is 11.6. The topological polar surface area (TPSA) is 69.5 Å². The number of rotatable bonds is 3. The molecular weight excluding hydrogens is 366 g/mol. The molecule has 0 aliphatic heterocycles. The Bertz CT molecular complexity index is 828. The summed E-state index contributed by atoms with van der Waals surface area (Å²) in [4.78, 5) is 12.4. The number of Topliss-reactive ketones (excluding diaryl/α,β-unsaturated/α-hetero) is 1. The lowest BCUT2D eigenvalue weighted by molar-refractivity contribution is -0.137. The Balaban J connectivity index is 2.73. The molecule has 0 spiro atoms. The van der Waals surface area contributed by atoms with Crippen molar-refractivity contribution < 1.29 is 18.0 Å². The second-order valence-corrected chi connectivity index (χ2v) is 6.08. The zero-order chi connectivity index (χ0) is 18.2. The highest BCUT2D eigenvalue weighted by Crippen LogP contribution is 2.41. The van der Waals surface area contributed by atoms with Crippen LogP contribution < -0.4 is 0 Å². The number of aromatic nitrogens is 2. The lowest BCUT2D eigenvalue weighted by Crippen LogP contribution is -2.10. The maximum absolute atomic E-state index is 12.8. The van der Waals surface area contributed by atoms with Crippen LogP contribution in [0.3, 0.4) is 0 Å². The quantitative estimate of drug-likeness (QED) is 0.757. The van der Waals surface area contributed by atoms with E-state index in [-0.39, 0.29) is 32.6 Å². The minimum absolute atomic E-state index is 0.00988. The first kappa shape index (κ1) is 18.3. The first-order valence-electron chi connectivity index (χ1n) is 6.67. The molecule has 0 saturated heterocycles. The third kappa shape index (κ3) is 3.25. The molecule has 1 heterocycles. The monoisotopic (exact) mass is 375 g/mol. The zero-order valence-corrected chi connectivity index (χ0v) is 13.9. The number of ketones is 1. The van der Waals surface area contributed by atoms with E-state index < -0.39 is 23.4 Å². The molecule has 0 radical (unpaired) electrons. The van der Waals surface area contributed by atoms with Crippen LogP contribution in [0, 0.1) is 17.2 Å². The van der Waals surface area contributed by atoms with E-state index in [1.165, 1.54) is 0 Å². The number of halogens is 5. The Morgan fingerprint density at radius 1 is 1.29 bits per heavy atom. The van der Waals surface area contributed by atoms with Crippen molar-refractivity contribution in [3.8, 4) is 17.3 Å². The van der Waals surface area contributed by atoms with Crippen molar-refractivity contribution in [2.24, 2.45) is 5.92 Å². The van der Waals surface area contributed by atoms with Crippen LogP contribution in [0.2, 0.25) is 10.0 Å². The number of aromatic amines is 1. The van der Waals surface area contributed by atoms with Crippen molar-refractivity contribution in [2.75, 3.05) is 0 Å². The third-order valence-electron chi connectivity index (χ3n) is 3.26. The summed E-state index contributed by atoms with van der Waals surface area (Å²) in [5.74, 6) is -0.859. The number of nitriles is 1. The van der Waals surface area contributed by atoms with Crippen molar-refractivity contribution in [1.29, 1.82) is 5.26 Å². The number of benzene rings is 1. The minimum Gasteiger partial charge on any atom is -0.294 e. The number of nitrogens with zero attached hydrogens (tertiary/aromatic N) is 2. The molecule has 0 aliphatic rings. The van der Waals surface area contributed by atoms with Gasteiger partial charge >= 0.3 is 6.18 Å². The number of alkyl halides is 3. The van der Waals surface area contributed by atoms with E-state index in [1.807, 2.05) is 0 Å². The molecule has 9 heteroatoms. The fraction of sp³-hybridized carbons (Fsp3) is 0.267. The van der Waals surface area contributed by atoms with Crippen molar-refractivity contribution >= 4 is 29.0 Å². The highest BCUT2D eigenvalue weighted by molar-refractivity contribution is 6.39. The fourth-order valence-corrected chi connectivity index (χ4v) is 2.78. The Kier molecular flexibility index (Phi) is 4.92. The van der Waals surface area contributed by atoms with E-state index >= 15 is 0 Å². The maximum Gasteiger partial charge on any atom is 0.416 e. The van der Waals surface area contributed by atoms with Crippen molar-refractivity contribution in [2.45, 2.75) is 20.0 Å². The first-order chi connectivity index (χ1) is 11.1. The summed E-state index contributed by atoms with van der Waals surface area (Å²) in [6, 6.07) is 3.18. The third-order valence-corrected chi connectivity index (χ3v) is 3.86. The van der Waals surface area contributed by atoms with E-state index in [9.17, 15) is 18.0 Å². The summed E-state index contributed by atoms with van der Waals surface area (Å²) in [6.07, 6.45) is -4.62. The highest BCUT2D eigenvalue weighted by Gasteiger charge is 2.33. The second-order valence-electron chi connectivity index (χ2n) is 5.27. The largest absolute Gasteiger partial charge is 0.416 e. The molecule has 4 nitrogen and oxygen atoms in total. The lowest BCUT2D eigenvalue weighted by atomic mass is 9.95. The smallest absolute Gasteiger partial charge is 0.294 e. The van der Waals surface area contributed by atoms with Gasteiger partial charge in [-0.15, -0.1) is 0 Å². The van der Waals surface area contributed by atoms with Crippen LogP contribution in [0.4, 0.5) is 13.2 Å². The maximum atomic E-state index is 12.8. The van der Waals surface area contributed by atoms with E-state index in [2.05, 4.69) is 10.2 Å². The van der Waals surface area contributed by atoms with Crippen LogP contribution in [0.1, 0.15) is 35.5 Å². The summed E-state index contributed by atoms with van der Waals surface area (Å²) < 4.78 is 38.5. The highest BCUT2D eigenvalue weighted by atomic mass is 35.5. The number of nitrogens with one attached hydrogen (secondary N) is 1. The SMILES string of the molecule is CC(C)C(=O)c1c(C#N)n[nH]c1-c1c(Cl)cc(C(F)(F)F)cc1Cl. The molecule has 2 aromatic rings. The van der Waals surface area contributed by atoms with Crippen molar-refractivity contribution in [1.82, 2.24) is 10.2 Å². The number of H-pyrrole nitrogens is 1. The predicted octanol–water partition coefficient (Wildman–Crippen LogP) is 5.11. The molecule has 0 amide bonds. The number of hydrogen-bond acceptors (Lipinski definition) is 3. The molecule has 0 unspecified atom stereocenters. The average molecular weight is 376 g/mol. The van der Waals surface area contributed by atoms with E-state index in [4.69, 9.17) is 28.5 Å². The predicted molar refractivity (Wildman–Crippen MR) is 82.9 cm³/mol. The van der Waals surface area contributed by atoms with Crippen LogP contribution >= 0.6 is 23.2 Å². The Labute approximate surface area is 145 Å². The average Bonchev–Trinajstić information content (AvgIpc) is 2.88. The zero-order valence-electron chi connectivity index (χ0n) is 12.4. The van der Waals surface area contributed by atoms with Crippen LogP contribution in [0.15, 0.2) is 12.1 Å². The second kappa shape index (κ2) is 6.46. The van der Waals surface area contributed by atoms with Crippen LogP contribution in [0.5, 0.6) is 0 Å². The van der Waals surface area contributed by atoms with Crippen molar-refractivity contribution in [3.05, 3.63) is 39.0 Å². The van der Waals surface area contributed by atoms with Gasteiger partial charge in [-0.25, -0.2) is 0 Å². The molecule has 126 valence electrons. The van der Waals surface area contributed by atoms with Gasteiger partial charge in [0.05, 0.1) is 26.9 Å². The molecule has 1 aromatic heterocycles. The molecule has 0 fully saturated rings. The Morgan fingerprint density at radius 2 is 1.83 bits per heavy atom. The summed E-state index contributed by atoms with van der Waals surface area (Å²) in [6.45, 7) is 3.24. The first-order valence-corrected chi connectivity index (χ1v) is 7.42. The van der Waals surface area contributed by atoms with Gasteiger partial charge in [0.15, 0.2) is 11.5 Å². The van der Waals surface area contributed by atoms with Gasteiger partial charge in [-0.05, 0) is 12.1 Å². The molecule has 0 aliphatic carbocycles. The van der Waals surface area contributed by atoms with Gasteiger partial charge in [0, 0.05) is 11.5 Å². The van der Waals surface area contributed by atoms with Gasteiger partial charge in [-0.2, -0.15) is 23.5 Å². The molecule has 0 atom stereocenters. The summed E-state index contributed by atoms with van der Waals surface area (Å²) in [5, 5.41) is 14.7. The minimum atomic E-state index is -4.62. The number of carbonyl (C=O) groups is 1. The van der Waals surface area contributed by atoms with Gasteiger partial charge in [0.25, 0.3) is 0 Å². The number of carbonyl (C=O) groups excluding carboxylic acids is 1. The summed E-state index contributed by atoms with van der Waals surface area (Å²) in [7, 11) is 0. The number of hydrogen-bond donors (Lipinski definition) is 1. The van der Waals surface area contributed by atoms with Gasteiger partial charge in [0.2, 0.25) is 0 Å².